The molecular formula is C20H20F2O5. The van der Waals surface area contributed by atoms with Crippen molar-refractivity contribution in [1.82, 2.24) is 0 Å². The maximum atomic E-state index is 12.6. The van der Waals surface area contributed by atoms with Crippen molar-refractivity contribution in [2.24, 2.45) is 0 Å². The lowest BCUT2D eigenvalue weighted by Gasteiger charge is -2.13. The Balaban J connectivity index is 2.36. The molecule has 0 radical (unpaired) electrons. The fourth-order valence-corrected chi connectivity index (χ4v) is 2.49. The Bertz CT molecular complexity index is 821. The number of benzene rings is 2. The van der Waals surface area contributed by atoms with E-state index >= 15 is 0 Å². The second kappa shape index (κ2) is 9.02. The Hall–Kier alpha value is -3.09. The molecule has 0 N–H and O–H groups in total. The zero-order chi connectivity index (χ0) is 20.0. The predicted octanol–water partition coefficient (Wildman–Crippen LogP) is 4.52. The van der Waals surface area contributed by atoms with Gasteiger partial charge in [0, 0.05) is 0 Å². The summed E-state index contributed by atoms with van der Waals surface area (Å²) < 4.78 is 45.3. The summed E-state index contributed by atoms with van der Waals surface area (Å²) in [5.41, 5.74) is 1.42. The molecule has 5 nitrogen and oxygen atoms in total. The highest BCUT2D eigenvalue weighted by Gasteiger charge is 2.15. The molecule has 0 spiro atoms. The number of allylic oxidation sites excluding steroid dienone is 1. The standard InChI is InChI=1S/C20H20F2O5/c1-12-5-8-16(27-20(21)22)14(9-12)15(23)7-6-13-10-17(24-2)19(26-4)18(11-13)25-3/h5-11,20H,1-4H3/b7-6+. The molecule has 0 unspecified atom stereocenters. The van der Waals surface area contributed by atoms with Gasteiger partial charge in [0.1, 0.15) is 5.75 Å². The smallest absolute Gasteiger partial charge is 0.387 e. The Morgan fingerprint density at radius 1 is 0.963 bits per heavy atom. The zero-order valence-electron chi connectivity index (χ0n) is 15.4. The third kappa shape index (κ3) is 4.97. The number of carbonyl (C=O) groups is 1. The summed E-state index contributed by atoms with van der Waals surface area (Å²) in [5.74, 6) is 0.649. The summed E-state index contributed by atoms with van der Waals surface area (Å²) in [7, 11) is 4.45. The van der Waals surface area contributed by atoms with Crippen LogP contribution in [0, 0.1) is 6.92 Å². The summed E-state index contributed by atoms with van der Waals surface area (Å²) in [6.45, 7) is -1.26. The van der Waals surface area contributed by atoms with E-state index in [2.05, 4.69) is 4.74 Å². The Morgan fingerprint density at radius 3 is 2.11 bits per heavy atom. The molecule has 0 bridgehead atoms. The molecule has 0 heterocycles. The average Bonchev–Trinajstić information content (AvgIpc) is 2.66. The largest absolute Gasteiger partial charge is 0.493 e. The van der Waals surface area contributed by atoms with E-state index < -0.39 is 12.4 Å². The first-order chi connectivity index (χ1) is 12.9. The number of ether oxygens (including phenoxy) is 4. The SMILES string of the molecule is COc1cc(/C=C/C(=O)c2cc(C)ccc2OC(F)F)cc(OC)c1OC. The lowest BCUT2D eigenvalue weighted by molar-refractivity contribution is -0.0501. The average molecular weight is 378 g/mol. The highest BCUT2D eigenvalue weighted by atomic mass is 19.3. The summed E-state index contributed by atoms with van der Waals surface area (Å²) in [5, 5.41) is 0. The van der Waals surface area contributed by atoms with Gasteiger partial charge >= 0.3 is 6.61 Å². The number of aryl methyl sites for hydroxylation is 1. The minimum atomic E-state index is -3.02. The number of hydrogen-bond donors (Lipinski definition) is 0. The van der Waals surface area contributed by atoms with E-state index in [0.29, 0.717) is 22.8 Å². The van der Waals surface area contributed by atoms with Gasteiger partial charge in [-0.25, -0.2) is 0 Å². The van der Waals surface area contributed by atoms with Crippen LogP contribution in [0.15, 0.2) is 36.4 Å². The predicted molar refractivity (Wildman–Crippen MR) is 97.3 cm³/mol. The van der Waals surface area contributed by atoms with Crippen molar-refractivity contribution in [1.29, 1.82) is 0 Å². The number of alkyl halides is 2. The topological polar surface area (TPSA) is 54.0 Å². The van der Waals surface area contributed by atoms with E-state index in [4.69, 9.17) is 14.2 Å². The molecule has 2 rings (SSSR count). The van der Waals surface area contributed by atoms with Crippen molar-refractivity contribution in [2.45, 2.75) is 13.5 Å². The van der Waals surface area contributed by atoms with Crippen molar-refractivity contribution in [3.8, 4) is 23.0 Å². The minimum absolute atomic E-state index is 0.0546. The van der Waals surface area contributed by atoms with E-state index in [1.165, 1.54) is 45.6 Å². The van der Waals surface area contributed by atoms with Crippen molar-refractivity contribution < 1.29 is 32.5 Å². The number of rotatable bonds is 8. The molecule has 0 amide bonds. The lowest BCUT2D eigenvalue weighted by Crippen LogP contribution is -2.07. The molecule has 0 aliphatic rings. The van der Waals surface area contributed by atoms with Crippen molar-refractivity contribution in [3.05, 3.63) is 53.1 Å². The molecule has 0 atom stereocenters. The number of halogens is 2. The molecule has 0 aliphatic carbocycles. The van der Waals surface area contributed by atoms with E-state index in [1.807, 2.05) is 0 Å². The molecule has 0 saturated carbocycles. The van der Waals surface area contributed by atoms with E-state index in [-0.39, 0.29) is 11.3 Å². The van der Waals surface area contributed by atoms with Crippen LogP contribution in [0.2, 0.25) is 0 Å². The normalized spacial score (nSPS) is 10.9. The zero-order valence-corrected chi connectivity index (χ0v) is 15.4. The van der Waals surface area contributed by atoms with Crippen LogP contribution in [0.3, 0.4) is 0 Å². The molecule has 0 saturated heterocycles. The summed E-state index contributed by atoms with van der Waals surface area (Å²) in [4.78, 5) is 12.5. The third-order valence-corrected chi connectivity index (χ3v) is 3.73. The summed E-state index contributed by atoms with van der Waals surface area (Å²) in [6, 6.07) is 7.77. The Morgan fingerprint density at radius 2 is 1.59 bits per heavy atom. The first kappa shape index (κ1) is 20.2. The Kier molecular flexibility index (Phi) is 6.76. The molecule has 0 aromatic heterocycles. The van der Waals surface area contributed by atoms with Gasteiger partial charge in [-0.3, -0.25) is 4.79 Å². The third-order valence-electron chi connectivity index (χ3n) is 3.73. The summed E-state index contributed by atoms with van der Waals surface area (Å²) in [6.07, 6.45) is 2.80. The quantitative estimate of drug-likeness (QED) is 0.499. The maximum absolute atomic E-state index is 12.6. The van der Waals surface area contributed by atoms with Gasteiger partial charge in [-0.2, -0.15) is 8.78 Å². The first-order valence-corrected chi connectivity index (χ1v) is 7.97. The monoisotopic (exact) mass is 378 g/mol. The first-order valence-electron chi connectivity index (χ1n) is 7.97. The van der Waals surface area contributed by atoms with Crippen molar-refractivity contribution in [3.63, 3.8) is 0 Å². The molecule has 144 valence electrons. The van der Waals surface area contributed by atoms with Gasteiger partial charge < -0.3 is 18.9 Å². The molecule has 7 heteroatoms. The highest BCUT2D eigenvalue weighted by Crippen LogP contribution is 2.38. The van der Waals surface area contributed by atoms with E-state index in [0.717, 1.165) is 5.56 Å². The maximum Gasteiger partial charge on any atom is 0.387 e. The van der Waals surface area contributed by atoms with Crippen molar-refractivity contribution >= 4 is 11.9 Å². The highest BCUT2D eigenvalue weighted by molar-refractivity contribution is 6.08. The van der Waals surface area contributed by atoms with Crippen LogP contribution in [0.4, 0.5) is 8.78 Å². The van der Waals surface area contributed by atoms with Crippen LogP contribution >= 0.6 is 0 Å². The van der Waals surface area contributed by atoms with Gasteiger partial charge in [-0.1, -0.05) is 17.7 Å². The van der Waals surface area contributed by atoms with Gasteiger partial charge in [-0.05, 0) is 42.8 Å². The molecule has 0 fully saturated rings. The number of ketones is 1. The lowest BCUT2D eigenvalue weighted by atomic mass is 10.0. The molecule has 2 aromatic carbocycles. The van der Waals surface area contributed by atoms with Crippen LogP contribution in [0.25, 0.3) is 6.08 Å². The number of carbonyl (C=O) groups excluding carboxylic acids is 1. The van der Waals surface area contributed by atoms with Crippen LogP contribution in [-0.2, 0) is 0 Å². The fourth-order valence-electron chi connectivity index (χ4n) is 2.49. The Labute approximate surface area is 156 Å². The summed E-state index contributed by atoms with van der Waals surface area (Å²) >= 11 is 0. The second-order valence-electron chi connectivity index (χ2n) is 5.53. The molecule has 0 aliphatic heterocycles. The minimum Gasteiger partial charge on any atom is -0.493 e. The number of hydrogen-bond acceptors (Lipinski definition) is 5. The molecule has 2 aromatic rings. The fraction of sp³-hybridized carbons (Fsp3) is 0.250. The van der Waals surface area contributed by atoms with Crippen LogP contribution < -0.4 is 18.9 Å². The van der Waals surface area contributed by atoms with Crippen LogP contribution in [0.5, 0.6) is 23.0 Å². The van der Waals surface area contributed by atoms with Gasteiger partial charge in [0.2, 0.25) is 5.75 Å². The van der Waals surface area contributed by atoms with E-state index in [9.17, 15) is 13.6 Å². The van der Waals surface area contributed by atoms with Gasteiger partial charge in [0.15, 0.2) is 17.3 Å². The molecular weight excluding hydrogens is 358 g/mol. The van der Waals surface area contributed by atoms with Gasteiger partial charge in [-0.15, -0.1) is 0 Å². The van der Waals surface area contributed by atoms with Crippen LogP contribution in [-0.4, -0.2) is 33.7 Å². The molecule has 27 heavy (non-hydrogen) atoms. The number of methoxy groups -OCH3 is 3. The van der Waals surface area contributed by atoms with Crippen LogP contribution in [0.1, 0.15) is 21.5 Å². The van der Waals surface area contributed by atoms with E-state index in [1.54, 1.807) is 25.1 Å². The van der Waals surface area contributed by atoms with Crippen molar-refractivity contribution in [2.75, 3.05) is 21.3 Å². The second-order valence-corrected chi connectivity index (χ2v) is 5.53. The van der Waals surface area contributed by atoms with Gasteiger partial charge in [0.25, 0.3) is 0 Å². The van der Waals surface area contributed by atoms with Gasteiger partial charge in [0.05, 0.1) is 26.9 Å².